The van der Waals surface area contributed by atoms with Gasteiger partial charge in [-0.2, -0.15) is 0 Å². The smallest absolute Gasteiger partial charge is 0.132 e. The van der Waals surface area contributed by atoms with Gasteiger partial charge in [-0.3, -0.25) is 0 Å². The van der Waals surface area contributed by atoms with Gasteiger partial charge >= 0.3 is 0 Å². The lowest BCUT2D eigenvalue weighted by molar-refractivity contribution is 0.436. The second-order valence-corrected chi connectivity index (χ2v) is 20.6. The van der Waals surface area contributed by atoms with E-state index in [9.17, 15) is 4.39 Å². The van der Waals surface area contributed by atoms with E-state index in [1.54, 1.807) is 23.5 Å². The molecule has 3 heterocycles. The minimum Gasteiger partial charge on any atom is -0.457 e. The highest BCUT2D eigenvalue weighted by molar-refractivity contribution is 7.26. The van der Waals surface area contributed by atoms with E-state index in [0.717, 1.165) is 83.5 Å². The molecule has 0 N–H and O–H groups in total. The van der Waals surface area contributed by atoms with Crippen LogP contribution in [-0.4, -0.2) is 0 Å². The quantitative estimate of drug-likeness (QED) is 0.175. The van der Waals surface area contributed by atoms with Crippen LogP contribution >= 0.6 is 11.3 Å². The van der Waals surface area contributed by atoms with Crippen molar-refractivity contribution in [2.45, 2.75) is 10.8 Å². The van der Waals surface area contributed by atoms with Crippen LogP contribution in [0.2, 0.25) is 0 Å². The van der Waals surface area contributed by atoms with Crippen molar-refractivity contribution in [3.8, 4) is 56.4 Å². The van der Waals surface area contributed by atoms with E-state index in [-0.39, 0.29) is 5.82 Å². The van der Waals surface area contributed by atoms with Crippen molar-refractivity contribution in [2.75, 3.05) is 4.90 Å². The van der Waals surface area contributed by atoms with E-state index in [2.05, 4.69) is 223 Å². The summed E-state index contributed by atoms with van der Waals surface area (Å²) in [6.45, 7) is 0. The van der Waals surface area contributed by atoms with Crippen LogP contribution in [0.4, 0.5) is 21.5 Å². The third kappa shape index (κ3) is 5.41. The van der Waals surface area contributed by atoms with Gasteiger partial charge in [-0.15, -0.1) is 11.3 Å². The predicted octanol–water partition coefficient (Wildman–Crippen LogP) is 18.3. The maximum atomic E-state index is 14.7. The van der Waals surface area contributed by atoms with Gasteiger partial charge in [0.05, 0.1) is 16.5 Å². The van der Waals surface area contributed by atoms with Crippen LogP contribution in [0.25, 0.3) is 53.6 Å². The Morgan fingerprint density at radius 2 is 0.767 bits per heavy atom. The van der Waals surface area contributed by atoms with E-state index >= 15 is 0 Å². The first-order valence-electron chi connectivity index (χ1n) is 24.8. The maximum absolute atomic E-state index is 14.7. The van der Waals surface area contributed by atoms with E-state index in [0.29, 0.717) is 0 Å². The topological polar surface area (TPSA) is 21.7 Å². The second-order valence-electron chi connectivity index (χ2n) is 19.5. The van der Waals surface area contributed by atoms with E-state index in [1.165, 1.54) is 54.6 Å². The second kappa shape index (κ2) is 15.0. The molecule has 11 aromatic carbocycles. The normalized spacial score (nSPS) is 14.3. The zero-order valence-corrected chi connectivity index (χ0v) is 40.0. The summed E-state index contributed by atoms with van der Waals surface area (Å²) in [6.07, 6.45) is 0. The van der Waals surface area contributed by atoms with Gasteiger partial charge in [-0.1, -0.05) is 164 Å². The molecule has 2 spiro atoms. The molecule has 0 fully saturated rings. The molecular weight excluding hydrogens is 914 g/mol. The molecule has 0 bridgehead atoms. The van der Waals surface area contributed by atoms with Crippen molar-refractivity contribution in [1.82, 2.24) is 0 Å². The highest BCUT2D eigenvalue weighted by Crippen LogP contribution is 2.65. The van der Waals surface area contributed by atoms with Crippen molar-refractivity contribution >= 4 is 48.6 Å². The minimum absolute atomic E-state index is 0.266. The fourth-order valence-electron chi connectivity index (χ4n) is 13.2. The monoisotopic (exact) mass is 953 g/mol. The summed E-state index contributed by atoms with van der Waals surface area (Å²) < 4.78 is 31.1. The summed E-state index contributed by atoms with van der Waals surface area (Å²) in [7, 11) is 0. The van der Waals surface area contributed by atoms with Crippen LogP contribution < -0.4 is 14.4 Å². The van der Waals surface area contributed by atoms with Crippen LogP contribution in [0, 0.1) is 5.82 Å². The number of nitrogens with zero attached hydrogens (tertiary/aromatic N) is 1. The largest absolute Gasteiger partial charge is 0.457 e. The number of ether oxygens (including phenoxy) is 2. The number of halogens is 1. The Morgan fingerprint density at radius 1 is 0.342 bits per heavy atom. The fraction of sp³-hybridized carbons (Fsp3) is 0.0294. The molecule has 0 atom stereocenters. The van der Waals surface area contributed by atoms with Gasteiger partial charge in [0.2, 0.25) is 0 Å². The first-order chi connectivity index (χ1) is 36.1. The Kier molecular flexibility index (Phi) is 8.36. The summed E-state index contributed by atoms with van der Waals surface area (Å²) in [5.74, 6) is 3.06. The third-order valence-electron chi connectivity index (χ3n) is 16.1. The number of hydrogen-bond donors (Lipinski definition) is 0. The number of benzene rings is 11. The molecule has 5 heteroatoms. The zero-order chi connectivity index (χ0) is 48.0. The molecule has 4 aliphatic rings. The lowest BCUT2D eigenvalue weighted by Gasteiger charge is -2.41. The van der Waals surface area contributed by atoms with Gasteiger partial charge in [-0.25, -0.2) is 4.39 Å². The van der Waals surface area contributed by atoms with E-state index in [4.69, 9.17) is 9.47 Å². The number of thiophene rings is 1. The molecule has 0 unspecified atom stereocenters. The maximum Gasteiger partial charge on any atom is 0.132 e. The minimum atomic E-state index is -0.686. The Balaban J connectivity index is 1.03. The Bertz CT molecular complexity index is 4040. The molecule has 3 nitrogen and oxygen atoms in total. The summed E-state index contributed by atoms with van der Waals surface area (Å²) in [5.41, 5.74) is 17.6. The zero-order valence-electron chi connectivity index (χ0n) is 39.1. The standard InChI is InChI=1S/C68H40FNO2S/c69-43-31-29-41(30-32-43)42-37-59(66-50-19-5-14-28-64(50)73-65(66)38-42)70(44-33-35-62-57(39-44)67(55-24-10-12-26-60(55)71-62)51-20-6-1-15-46(51)47-16-2-7-21-52(47)67)45-34-36-63-58(40-45)68(56-25-11-13-27-61(56)72-63)53-22-8-3-17-48(53)49-18-4-9-23-54(49)68/h1-40H. The molecule has 12 aromatic rings. The average Bonchev–Trinajstić information content (AvgIpc) is 4.08. The third-order valence-corrected chi connectivity index (χ3v) is 17.2. The van der Waals surface area contributed by atoms with Gasteiger partial charge in [0.15, 0.2) is 0 Å². The van der Waals surface area contributed by atoms with Crippen molar-refractivity contribution in [1.29, 1.82) is 0 Å². The average molecular weight is 954 g/mol. The summed E-state index contributed by atoms with van der Waals surface area (Å²) >= 11 is 1.78. The molecule has 0 saturated carbocycles. The lowest BCUT2D eigenvalue weighted by atomic mass is 9.66. The van der Waals surface area contributed by atoms with Gasteiger partial charge in [-0.05, 0) is 134 Å². The molecule has 2 aliphatic heterocycles. The van der Waals surface area contributed by atoms with Crippen molar-refractivity contribution in [3.63, 3.8) is 0 Å². The molecule has 1 aromatic heterocycles. The van der Waals surface area contributed by atoms with E-state index in [1.807, 2.05) is 12.1 Å². The van der Waals surface area contributed by atoms with Crippen molar-refractivity contribution < 1.29 is 13.9 Å². The molecular formula is C68H40FNO2S. The lowest BCUT2D eigenvalue weighted by Crippen LogP contribution is -2.32. The molecule has 0 amide bonds. The summed E-state index contributed by atoms with van der Waals surface area (Å²) in [6, 6.07) is 86.3. The summed E-state index contributed by atoms with van der Waals surface area (Å²) in [5, 5.41) is 2.31. The first kappa shape index (κ1) is 40.7. The van der Waals surface area contributed by atoms with Crippen LogP contribution in [0.1, 0.15) is 44.5 Å². The van der Waals surface area contributed by atoms with Crippen LogP contribution in [-0.2, 0) is 10.8 Å². The molecule has 0 saturated heterocycles. The summed E-state index contributed by atoms with van der Waals surface area (Å²) in [4.78, 5) is 2.46. The number of hydrogen-bond acceptors (Lipinski definition) is 4. The predicted molar refractivity (Wildman–Crippen MR) is 294 cm³/mol. The van der Waals surface area contributed by atoms with Gasteiger partial charge in [0.1, 0.15) is 28.8 Å². The number of rotatable bonds is 4. The fourth-order valence-corrected chi connectivity index (χ4v) is 14.4. The van der Waals surface area contributed by atoms with Crippen LogP contribution in [0.3, 0.4) is 0 Å². The Labute approximate surface area is 425 Å². The molecule has 73 heavy (non-hydrogen) atoms. The van der Waals surface area contributed by atoms with Crippen molar-refractivity contribution in [2.24, 2.45) is 0 Å². The van der Waals surface area contributed by atoms with Crippen LogP contribution in [0.15, 0.2) is 243 Å². The number of para-hydroxylation sites is 2. The Hall–Kier alpha value is -9.03. The Morgan fingerprint density at radius 3 is 1.27 bits per heavy atom. The molecule has 0 radical (unpaired) electrons. The molecule has 342 valence electrons. The van der Waals surface area contributed by atoms with Gasteiger partial charge in [0.25, 0.3) is 0 Å². The number of fused-ring (bicyclic) bond motifs is 21. The van der Waals surface area contributed by atoms with Crippen molar-refractivity contribution in [3.05, 3.63) is 293 Å². The van der Waals surface area contributed by atoms with E-state index < -0.39 is 10.8 Å². The first-order valence-corrected chi connectivity index (χ1v) is 25.6. The highest BCUT2D eigenvalue weighted by Gasteiger charge is 2.53. The van der Waals surface area contributed by atoms with Gasteiger partial charge in [0, 0.05) is 53.8 Å². The van der Waals surface area contributed by atoms with Crippen LogP contribution in [0.5, 0.6) is 23.0 Å². The molecule has 2 aliphatic carbocycles. The molecule has 16 rings (SSSR count). The highest BCUT2D eigenvalue weighted by atomic mass is 32.1. The number of anilines is 3. The SMILES string of the molecule is Fc1ccc(-c2cc(N(c3ccc4c(c3)C3(c5ccccc5O4)c4ccccc4-c4ccccc43)c3ccc4c(c3)C3(c5ccccc5O4)c4ccccc4-c4ccccc43)c3c(c2)sc2ccccc23)cc1. The van der Waals surface area contributed by atoms with Gasteiger partial charge < -0.3 is 14.4 Å².